The minimum absolute atomic E-state index is 0.0909. The van der Waals surface area contributed by atoms with E-state index in [0.29, 0.717) is 5.92 Å². The summed E-state index contributed by atoms with van der Waals surface area (Å²) in [6.07, 6.45) is 1.07. The summed E-state index contributed by atoms with van der Waals surface area (Å²) in [4.78, 5) is 38.3. The van der Waals surface area contributed by atoms with Gasteiger partial charge in [0, 0.05) is 24.2 Å². The first-order valence-corrected chi connectivity index (χ1v) is 9.49. The molecule has 0 bridgehead atoms. The maximum atomic E-state index is 12.5. The maximum Gasteiger partial charge on any atom is 0.311 e. The lowest BCUT2D eigenvalue weighted by atomic mass is 9.96. The van der Waals surface area contributed by atoms with Crippen molar-refractivity contribution in [2.24, 2.45) is 5.92 Å². The van der Waals surface area contributed by atoms with Crippen LogP contribution >= 0.6 is 0 Å². The molecule has 1 N–H and O–H groups in total. The van der Waals surface area contributed by atoms with Gasteiger partial charge in [-0.25, -0.2) is 0 Å². The summed E-state index contributed by atoms with van der Waals surface area (Å²) in [6, 6.07) is 7.81. The van der Waals surface area contributed by atoms with E-state index in [0.717, 1.165) is 17.7 Å². The molecule has 1 aliphatic heterocycles. The van der Waals surface area contributed by atoms with E-state index in [-0.39, 0.29) is 36.9 Å². The average Bonchev–Trinajstić information content (AvgIpc) is 2.99. The van der Waals surface area contributed by atoms with E-state index in [1.54, 1.807) is 4.90 Å². The highest BCUT2D eigenvalue weighted by atomic mass is 16.5. The number of amides is 2. The molecule has 1 aromatic carbocycles. The van der Waals surface area contributed by atoms with Crippen LogP contribution in [0.1, 0.15) is 58.9 Å². The van der Waals surface area contributed by atoms with Gasteiger partial charge in [-0.2, -0.15) is 0 Å². The molecule has 1 heterocycles. The van der Waals surface area contributed by atoms with Crippen molar-refractivity contribution in [1.29, 1.82) is 0 Å². The van der Waals surface area contributed by atoms with Crippen LogP contribution in [0, 0.1) is 5.92 Å². The van der Waals surface area contributed by atoms with Crippen LogP contribution in [0.15, 0.2) is 24.3 Å². The van der Waals surface area contributed by atoms with Gasteiger partial charge >= 0.3 is 5.97 Å². The number of carbonyl (C=O) groups excluding carboxylic acids is 3. The van der Waals surface area contributed by atoms with Crippen molar-refractivity contribution in [1.82, 2.24) is 5.32 Å². The minimum Gasteiger partial charge on any atom is -0.455 e. The number of benzene rings is 1. The Morgan fingerprint density at radius 2 is 1.96 bits per heavy atom. The molecule has 1 saturated heterocycles. The molecule has 1 aliphatic rings. The largest absolute Gasteiger partial charge is 0.455 e. The first-order chi connectivity index (χ1) is 12.6. The van der Waals surface area contributed by atoms with Crippen molar-refractivity contribution in [2.75, 3.05) is 18.1 Å². The second kappa shape index (κ2) is 8.55. The molecule has 1 aromatic rings. The number of rotatable bonds is 6. The van der Waals surface area contributed by atoms with Crippen molar-refractivity contribution in [3.63, 3.8) is 0 Å². The van der Waals surface area contributed by atoms with Crippen LogP contribution in [0.5, 0.6) is 0 Å². The van der Waals surface area contributed by atoms with Gasteiger partial charge in [0.05, 0.1) is 5.92 Å². The Bertz CT molecular complexity index is 708. The summed E-state index contributed by atoms with van der Waals surface area (Å²) < 4.78 is 5.14. The summed E-state index contributed by atoms with van der Waals surface area (Å²) in [7, 11) is 0. The lowest BCUT2D eigenvalue weighted by Crippen LogP contribution is -2.43. The number of anilines is 1. The number of nitrogens with one attached hydrogen (secondary N) is 1. The maximum absolute atomic E-state index is 12.5. The van der Waals surface area contributed by atoms with Crippen LogP contribution in [-0.2, 0) is 19.1 Å². The molecule has 2 rings (SSSR count). The van der Waals surface area contributed by atoms with Gasteiger partial charge in [0.1, 0.15) is 0 Å². The predicted molar refractivity (Wildman–Crippen MR) is 104 cm³/mol. The molecule has 2 atom stereocenters. The molecule has 6 heteroatoms. The molecule has 1 fully saturated rings. The van der Waals surface area contributed by atoms with Crippen LogP contribution in [0.4, 0.5) is 5.69 Å². The van der Waals surface area contributed by atoms with E-state index in [1.165, 1.54) is 0 Å². The lowest BCUT2D eigenvalue weighted by molar-refractivity contribution is -0.152. The van der Waals surface area contributed by atoms with Gasteiger partial charge < -0.3 is 15.0 Å². The third kappa shape index (κ3) is 5.55. The lowest BCUT2D eigenvalue weighted by Gasteiger charge is -2.23. The normalized spacial score (nSPS) is 18.3. The fourth-order valence-corrected chi connectivity index (χ4v) is 3.18. The van der Waals surface area contributed by atoms with Gasteiger partial charge in [-0.05, 0) is 44.7 Å². The van der Waals surface area contributed by atoms with Crippen LogP contribution in [0.2, 0.25) is 0 Å². The van der Waals surface area contributed by atoms with E-state index < -0.39 is 11.9 Å². The highest BCUT2D eigenvalue weighted by molar-refractivity contribution is 6.00. The van der Waals surface area contributed by atoms with Gasteiger partial charge in [0.2, 0.25) is 5.91 Å². The number of ether oxygens (including phenoxy) is 1. The molecule has 0 spiro atoms. The molecule has 0 radical (unpaired) electrons. The molecule has 27 heavy (non-hydrogen) atoms. The molecule has 2 amide bonds. The predicted octanol–water partition coefficient (Wildman–Crippen LogP) is 3.01. The van der Waals surface area contributed by atoms with Gasteiger partial charge in [-0.1, -0.05) is 32.0 Å². The molecule has 0 aromatic heterocycles. The number of hydrogen-bond donors (Lipinski definition) is 1. The van der Waals surface area contributed by atoms with Crippen LogP contribution in [0.25, 0.3) is 0 Å². The summed E-state index contributed by atoms with van der Waals surface area (Å²) in [5.41, 5.74) is 1.58. The monoisotopic (exact) mass is 374 g/mol. The summed E-state index contributed by atoms with van der Waals surface area (Å²) in [6.45, 7) is 9.75. The van der Waals surface area contributed by atoms with E-state index in [1.807, 2.05) is 45.0 Å². The van der Waals surface area contributed by atoms with Crippen molar-refractivity contribution < 1.29 is 19.1 Å². The fraction of sp³-hybridized carbons (Fsp3) is 0.571. The number of nitrogens with zero attached hydrogens (tertiary/aromatic N) is 1. The van der Waals surface area contributed by atoms with Crippen molar-refractivity contribution in [3.8, 4) is 0 Å². The van der Waals surface area contributed by atoms with Crippen molar-refractivity contribution >= 4 is 23.5 Å². The van der Waals surface area contributed by atoms with Crippen molar-refractivity contribution in [3.05, 3.63) is 29.8 Å². The van der Waals surface area contributed by atoms with Gasteiger partial charge in [0.15, 0.2) is 6.61 Å². The Morgan fingerprint density at radius 1 is 1.30 bits per heavy atom. The molecule has 148 valence electrons. The zero-order chi connectivity index (χ0) is 20.2. The molecular formula is C21H30N2O4. The van der Waals surface area contributed by atoms with Crippen LogP contribution in [-0.4, -0.2) is 36.5 Å². The Kier molecular flexibility index (Phi) is 6.63. The standard InChI is InChI=1S/C21H30N2O4/c1-6-14(2)16-9-7-8-10-17(16)23-12-15(11-19(23)25)20(26)27-13-18(24)22-21(3,4)5/h7-10,14-15H,6,11-13H2,1-5H3,(H,22,24)/t14-,15-/m1/s1. The fourth-order valence-electron chi connectivity index (χ4n) is 3.18. The number of para-hydroxylation sites is 1. The summed E-state index contributed by atoms with van der Waals surface area (Å²) in [5.74, 6) is -1.17. The number of hydrogen-bond acceptors (Lipinski definition) is 4. The molecule has 0 unspecified atom stereocenters. The molecular weight excluding hydrogens is 344 g/mol. The topological polar surface area (TPSA) is 75.7 Å². The zero-order valence-corrected chi connectivity index (χ0v) is 16.9. The Labute approximate surface area is 161 Å². The molecule has 6 nitrogen and oxygen atoms in total. The second-order valence-electron chi connectivity index (χ2n) is 8.18. The van der Waals surface area contributed by atoms with Gasteiger partial charge in [-0.3, -0.25) is 14.4 Å². The highest BCUT2D eigenvalue weighted by Gasteiger charge is 2.37. The third-order valence-electron chi connectivity index (χ3n) is 4.69. The first-order valence-electron chi connectivity index (χ1n) is 9.49. The summed E-state index contributed by atoms with van der Waals surface area (Å²) in [5, 5.41) is 2.74. The van der Waals surface area contributed by atoms with Crippen LogP contribution in [0.3, 0.4) is 0 Å². The average molecular weight is 374 g/mol. The number of carbonyl (C=O) groups is 3. The Balaban J connectivity index is 2.01. The van der Waals surface area contributed by atoms with E-state index in [9.17, 15) is 14.4 Å². The Morgan fingerprint density at radius 3 is 2.59 bits per heavy atom. The third-order valence-corrected chi connectivity index (χ3v) is 4.69. The SMILES string of the molecule is CC[C@@H](C)c1ccccc1N1C[C@H](C(=O)OCC(=O)NC(C)(C)C)CC1=O. The van der Waals surface area contributed by atoms with Crippen molar-refractivity contribution in [2.45, 2.75) is 58.9 Å². The number of esters is 1. The Hall–Kier alpha value is -2.37. The van der Waals surface area contributed by atoms with E-state index >= 15 is 0 Å². The quantitative estimate of drug-likeness (QED) is 0.777. The van der Waals surface area contributed by atoms with Gasteiger partial charge in [0.25, 0.3) is 5.91 Å². The smallest absolute Gasteiger partial charge is 0.311 e. The van der Waals surface area contributed by atoms with Gasteiger partial charge in [-0.15, -0.1) is 0 Å². The first kappa shape index (κ1) is 20.9. The zero-order valence-electron chi connectivity index (χ0n) is 16.9. The van der Waals surface area contributed by atoms with Crippen LogP contribution < -0.4 is 10.2 Å². The minimum atomic E-state index is -0.551. The molecule has 0 saturated carbocycles. The van der Waals surface area contributed by atoms with E-state index in [4.69, 9.17) is 4.74 Å². The molecule has 0 aliphatic carbocycles. The highest BCUT2D eigenvalue weighted by Crippen LogP contribution is 2.33. The van der Waals surface area contributed by atoms with E-state index in [2.05, 4.69) is 19.2 Å². The summed E-state index contributed by atoms with van der Waals surface area (Å²) >= 11 is 0. The second-order valence-corrected chi connectivity index (χ2v) is 8.18.